The minimum absolute atomic E-state index is 0.0625. The summed E-state index contributed by atoms with van der Waals surface area (Å²) in [5.74, 6) is -0.753. The van der Waals surface area contributed by atoms with E-state index in [4.69, 9.17) is 5.73 Å². The Bertz CT molecular complexity index is 206. The van der Waals surface area contributed by atoms with E-state index in [1.165, 1.54) is 7.05 Å². The molecule has 0 rings (SSSR count). The highest BCUT2D eigenvalue weighted by molar-refractivity contribution is 5.89. The van der Waals surface area contributed by atoms with Crippen molar-refractivity contribution in [1.29, 1.82) is 0 Å². The van der Waals surface area contributed by atoms with Crippen molar-refractivity contribution in [2.24, 2.45) is 5.73 Å². The number of nitrogens with two attached hydrogens (primary N) is 1. The maximum atomic E-state index is 11.0. The summed E-state index contributed by atoms with van der Waals surface area (Å²) in [7, 11) is 1.50. The average molecular weight is 201 g/mol. The van der Waals surface area contributed by atoms with Crippen LogP contribution in [0.5, 0.6) is 0 Å². The largest absolute Gasteiger partial charge is 0.359 e. The van der Waals surface area contributed by atoms with Gasteiger partial charge < -0.3 is 16.4 Å². The molecule has 80 valence electrons. The highest BCUT2D eigenvalue weighted by atomic mass is 16.2. The molecule has 0 spiro atoms. The highest BCUT2D eigenvalue weighted by Gasteiger charge is 2.06. The van der Waals surface area contributed by atoms with Crippen molar-refractivity contribution in [3.8, 4) is 0 Å². The van der Waals surface area contributed by atoms with Gasteiger partial charge in [-0.25, -0.2) is 0 Å². The van der Waals surface area contributed by atoms with E-state index in [0.29, 0.717) is 0 Å². The summed E-state index contributed by atoms with van der Waals surface area (Å²) in [6.07, 6.45) is 0.276. The van der Waals surface area contributed by atoms with E-state index in [1.54, 1.807) is 0 Å². The molecule has 0 saturated carbocycles. The van der Waals surface area contributed by atoms with Gasteiger partial charge >= 0.3 is 0 Å². The molecule has 0 fully saturated rings. The predicted octanol–water partition coefficient (Wildman–Crippen LogP) is -1.84. The smallest absolute Gasteiger partial charge is 0.234 e. The van der Waals surface area contributed by atoms with E-state index in [1.807, 2.05) is 0 Å². The first-order chi connectivity index (χ1) is 6.60. The van der Waals surface area contributed by atoms with Gasteiger partial charge in [-0.15, -0.1) is 0 Å². The lowest BCUT2D eigenvalue weighted by atomic mass is 10.2. The van der Waals surface area contributed by atoms with Crippen molar-refractivity contribution in [3.63, 3.8) is 0 Å². The number of carbonyl (C=O) groups is 3. The van der Waals surface area contributed by atoms with Crippen LogP contribution in [0.1, 0.15) is 12.8 Å². The molecule has 14 heavy (non-hydrogen) atoms. The standard InChI is InChI=1S/C8H15N3O3/c1-10-7(13)3-2-6(12)5-11-8(14)4-9/h2-5,9H2,1H3,(H,10,13)(H,11,14). The zero-order chi connectivity index (χ0) is 11.0. The van der Waals surface area contributed by atoms with Crippen LogP contribution in [0, 0.1) is 0 Å². The SMILES string of the molecule is CNC(=O)CCC(=O)CNC(=O)CN. The molecule has 0 aromatic carbocycles. The molecule has 0 heterocycles. The quantitative estimate of drug-likeness (QED) is 0.470. The molecule has 0 unspecified atom stereocenters. The Hall–Kier alpha value is -1.43. The normalized spacial score (nSPS) is 9.29. The fraction of sp³-hybridized carbons (Fsp3) is 0.625. The van der Waals surface area contributed by atoms with Crippen molar-refractivity contribution in [1.82, 2.24) is 10.6 Å². The second-order valence-corrected chi connectivity index (χ2v) is 2.69. The number of ketones is 1. The Morgan fingerprint density at radius 3 is 2.29 bits per heavy atom. The van der Waals surface area contributed by atoms with Gasteiger partial charge in [0.1, 0.15) is 0 Å². The van der Waals surface area contributed by atoms with Crippen LogP contribution in [0.4, 0.5) is 0 Å². The number of carbonyl (C=O) groups excluding carboxylic acids is 3. The van der Waals surface area contributed by atoms with Gasteiger partial charge in [-0.2, -0.15) is 0 Å². The number of rotatable bonds is 6. The summed E-state index contributed by atoms with van der Waals surface area (Å²) in [6, 6.07) is 0. The van der Waals surface area contributed by atoms with E-state index in [0.717, 1.165) is 0 Å². The molecule has 0 bridgehead atoms. The summed E-state index contributed by atoms with van der Waals surface area (Å²) in [5, 5.41) is 4.73. The van der Waals surface area contributed by atoms with Crippen LogP contribution < -0.4 is 16.4 Å². The monoisotopic (exact) mass is 201 g/mol. The Morgan fingerprint density at radius 2 is 1.79 bits per heavy atom. The Balaban J connectivity index is 3.56. The second-order valence-electron chi connectivity index (χ2n) is 2.69. The molecule has 0 atom stereocenters. The van der Waals surface area contributed by atoms with Gasteiger partial charge in [-0.1, -0.05) is 0 Å². The highest BCUT2D eigenvalue weighted by Crippen LogP contribution is 1.89. The molecule has 0 aromatic rings. The van der Waals surface area contributed by atoms with Crippen molar-refractivity contribution in [2.75, 3.05) is 20.1 Å². The molecule has 0 aliphatic carbocycles. The van der Waals surface area contributed by atoms with E-state index >= 15 is 0 Å². The van der Waals surface area contributed by atoms with Gasteiger partial charge in [0.15, 0.2) is 5.78 Å². The number of nitrogens with one attached hydrogen (secondary N) is 2. The van der Waals surface area contributed by atoms with Gasteiger partial charge in [0.2, 0.25) is 11.8 Å². The zero-order valence-corrected chi connectivity index (χ0v) is 8.13. The zero-order valence-electron chi connectivity index (χ0n) is 8.13. The third-order valence-electron chi connectivity index (χ3n) is 1.58. The lowest BCUT2D eigenvalue weighted by Gasteiger charge is -2.02. The second kappa shape index (κ2) is 7.02. The first-order valence-electron chi connectivity index (χ1n) is 4.29. The van der Waals surface area contributed by atoms with Crippen LogP contribution in [0.15, 0.2) is 0 Å². The molecule has 0 aromatic heterocycles. The molecule has 6 nitrogen and oxygen atoms in total. The van der Waals surface area contributed by atoms with E-state index in [9.17, 15) is 14.4 Å². The minimum atomic E-state index is -0.377. The summed E-state index contributed by atoms with van der Waals surface area (Å²) in [4.78, 5) is 32.4. The topological polar surface area (TPSA) is 101 Å². The molecule has 0 aliphatic rings. The summed E-state index contributed by atoms with van der Waals surface area (Å²) >= 11 is 0. The van der Waals surface area contributed by atoms with Gasteiger partial charge in [-0.05, 0) is 0 Å². The molecule has 0 aliphatic heterocycles. The van der Waals surface area contributed by atoms with E-state index < -0.39 is 0 Å². The van der Waals surface area contributed by atoms with Crippen LogP contribution in [0.2, 0.25) is 0 Å². The number of hydrogen-bond donors (Lipinski definition) is 3. The Morgan fingerprint density at radius 1 is 1.14 bits per heavy atom. The van der Waals surface area contributed by atoms with Crippen molar-refractivity contribution in [2.45, 2.75) is 12.8 Å². The van der Waals surface area contributed by atoms with Gasteiger partial charge in [0.05, 0.1) is 13.1 Å². The number of Topliss-reactive ketones (excluding diaryl/α,β-unsaturated/α-hetero) is 1. The summed E-state index contributed by atoms with van der Waals surface area (Å²) in [6.45, 7) is -0.199. The first-order valence-corrected chi connectivity index (χ1v) is 4.29. The lowest BCUT2D eigenvalue weighted by molar-refractivity contribution is -0.126. The maximum Gasteiger partial charge on any atom is 0.234 e. The molecule has 6 heteroatoms. The Labute approximate surface area is 82.2 Å². The molecular weight excluding hydrogens is 186 g/mol. The van der Waals surface area contributed by atoms with Gasteiger partial charge in [0.25, 0.3) is 0 Å². The fourth-order valence-corrected chi connectivity index (χ4v) is 0.736. The minimum Gasteiger partial charge on any atom is -0.359 e. The van der Waals surface area contributed by atoms with E-state index in [-0.39, 0.29) is 43.5 Å². The molecular formula is C8H15N3O3. The summed E-state index contributed by atoms with van der Waals surface area (Å²) < 4.78 is 0. The molecule has 4 N–H and O–H groups in total. The van der Waals surface area contributed by atoms with Gasteiger partial charge in [0, 0.05) is 19.9 Å². The molecule has 0 radical (unpaired) electrons. The maximum absolute atomic E-state index is 11.0. The van der Waals surface area contributed by atoms with Crippen LogP contribution in [0.25, 0.3) is 0 Å². The summed E-state index contributed by atoms with van der Waals surface area (Å²) in [5.41, 5.74) is 5.01. The predicted molar refractivity (Wildman–Crippen MR) is 50.4 cm³/mol. The first kappa shape index (κ1) is 12.6. The van der Waals surface area contributed by atoms with Gasteiger partial charge in [-0.3, -0.25) is 14.4 Å². The van der Waals surface area contributed by atoms with Crippen LogP contribution in [0.3, 0.4) is 0 Å². The molecule has 0 saturated heterocycles. The van der Waals surface area contributed by atoms with Crippen LogP contribution >= 0.6 is 0 Å². The van der Waals surface area contributed by atoms with Crippen LogP contribution in [-0.2, 0) is 14.4 Å². The van der Waals surface area contributed by atoms with Crippen LogP contribution in [-0.4, -0.2) is 37.7 Å². The number of amides is 2. The third-order valence-corrected chi connectivity index (χ3v) is 1.58. The molecule has 2 amide bonds. The fourth-order valence-electron chi connectivity index (χ4n) is 0.736. The van der Waals surface area contributed by atoms with E-state index in [2.05, 4.69) is 10.6 Å². The average Bonchev–Trinajstić information content (AvgIpc) is 2.22. The van der Waals surface area contributed by atoms with Crippen molar-refractivity contribution < 1.29 is 14.4 Å². The van der Waals surface area contributed by atoms with Crippen molar-refractivity contribution >= 4 is 17.6 Å². The lowest BCUT2D eigenvalue weighted by Crippen LogP contribution is -2.34. The number of hydrogen-bond acceptors (Lipinski definition) is 4. The van der Waals surface area contributed by atoms with Crippen molar-refractivity contribution in [3.05, 3.63) is 0 Å². The third kappa shape index (κ3) is 6.13. The Kier molecular flexibility index (Phi) is 6.30.